The van der Waals surface area contributed by atoms with Gasteiger partial charge in [0.1, 0.15) is 0 Å². The lowest BCUT2D eigenvalue weighted by Crippen LogP contribution is -2.27. The number of ketones is 1. The van der Waals surface area contributed by atoms with E-state index in [1.165, 1.54) is 31.0 Å². The number of fused-ring (bicyclic) bond motifs is 4. The van der Waals surface area contributed by atoms with Crippen molar-refractivity contribution in [1.82, 2.24) is 0 Å². The average Bonchev–Trinajstić information content (AvgIpc) is 2.67. The lowest BCUT2D eigenvalue weighted by molar-refractivity contribution is -0.116. The van der Waals surface area contributed by atoms with Crippen LogP contribution in [0.25, 0.3) is 16.3 Å². The molecule has 0 saturated heterocycles. The van der Waals surface area contributed by atoms with Gasteiger partial charge in [0.15, 0.2) is 5.78 Å². The molecule has 0 spiro atoms. The fourth-order valence-electron chi connectivity index (χ4n) is 4.35. The summed E-state index contributed by atoms with van der Waals surface area (Å²) >= 11 is 2.37. The fraction of sp³-hybridized carbons (Fsp3) is 0.174. The SMILES string of the molecule is O=C1CCCC2=C1[C@H](c1ccccc1I)Nc1ccc3ccccc3c12. The number of hydrogen-bond donors (Lipinski definition) is 1. The first-order valence-electron chi connectivity index (χ1n) is 9.03. The number of nitrogens with one attached hydrogen (secondary N) is 1. The van der Waals surface area contributed by atoms with Crippen molar-refractivity contribution in [2.45, 2.75) is 25.3 Å². The summed E-state index contributed by atoms with van der Waals surface area (Å²) < 4.78 is 1.19. The molecule has 3 heteroatoms. The summed E-state index contributed by atoms with van der Waals surface area (Å²) in [5, 5.41) is 6.16. The quantitative estimate of drug-likeness (QED) is 0.452. The molecule has 1 heterocycles. The summed E-state index contributed by atoms with van der Waals surface area (Å²) in [6.07, 6.45) is 2.57. The lowest BCUT2D eigenvalue weighted by atomic mass is 9.77. The molecule has 5 rings (SSSR count). The van der Waals surface area contributed by atoms with Crippen LogP contribution in [-0.4, -0.2) is 5.78 Å². The third kappa shape index (κ3) is 2.41. The number of rotatable bonds is 1. The molecule has 128 valence electrons. The van der Waals surface area contributed by atoms with E-state index in [1.807, 2.05) is 6.07 Å². The van der Waals surface area contributed by atoms with Gasteiger partial charge in [0.05, 0.1) is 6.04 Å². The highest BCUT2D eigenvalue weighted by molar-refractivity contribution is 14.1. The highest BCUT2D eigenvalue weighted by atomic mass is 127. The Morgan fingerprint density at radius 1 is 0.923 bits per heavy atom. The molecule has 0 fully saturated rings. The lowest BCUT2D eigenvalue weighted by Gasteiger charge is -2.35. The molecule has 1 N–H and O–H groups in total. The number of benzene rings is 3. The van der Waals surface area contributed by atoms with Crippen molar-refractivity contribution in [3.8, 4) is 0 Å². The van der Waals surface area contributed by atoms with E-state index in [1.54, 1.807) is 0 Å². The standard InChI is InChI=1S/C23H18INO/c24-18-10-4-3-8-16(18)23-22-17(9-5-11-20(22)26)21-15-7-2-1-6-14(15)12-13-19(21)25-23/h1-4,6-8,10,12-13,23,25H,5,9,11H2/t23-/m0/s1. The van der Waals surface area contributed by atoms with Gasteiger partial charge in [-0.2, -0.15) is 0 Å². The van der Waals surface area contributed by atoms with E-state index in [0.29, 0.717) is 12.2 Å². The van der Waals surface area contributed by atoms with Crippen LogP contribution < -0.4 is 5.32 Å². The van der Waals surface area contributed by atoms with Crippen molar-refractivity contribution in [3.63, 3.8) is 0 Å². The van der Waals surface area contributed by atoms with Crippen molar-refractivity contribution in [1.29, 1.82) is 0 Å². The van der Waals surface area contributed by atoms with Crippen molar-refractivity contribution in [2.24, 2.45) is 0 Å². The normalized spacial score (nSPS) is 19.1. The summed E-state index contributed by atoms with van der Waals surface area (Å²) in [5.74, 6) is 0.294. The first kappa shape index (κ1) is 16.1. The van der Waals surface area contributed by atoms with Gasteiger partial charge in [-0.25, -0.2) is 0 Å². The Kier molecular flexibility index (Phi) is 3.85. The van der Waals surface area contributed by atoms with E-state index < -0.39 is 0 Å². The van der Waals surface area contributed by atoms with E-state index in [2.05, 4.69) is 82.5 Å². The number of carbonyl (C=O) groups is 1. The van der Waals surface area contributed by atoms with Gasteiger partial charge in [0, 0.05) is 26.8 Å². The maximum atomic E-state index is 13.0. The summed E-state index contributed by atoms with van der Waals surface area (Å²) in [7, 11) is 0. The topological polar surface area (TPSA) is 29.1 Å². The second-order valence-electron chi connectivity index (χ2n) is 6.98. The molecule has 26 heavy (non-hydrogen) atoms. The van der Waals surface area contributed by atoms with Gasteiger partial charge in [-0.3, -0.25) is 4.79 Å². The first-order valence-corrected chi connectivity index (χ1v) is 10.1. The second-order valence-corrected chi connectivity index (χ2v) is 8.14. The van der Waals surface area contributed by atoms with Crippen molar-refractivity contribution in [3.05, 3.63) is 80.9 Å². The zero-order valence-electron chi connectivity index (χ0n) is 14.3. The van der Waals surface area contributed by atoms with Gasteiger partial charge in [0.2, 0.25) is 0 Å². The third-order valence-electron chi connectivity index (χ3n) is 5.49. The van der Waals surface area contributed by atoms with Gasteiger partial charge in [0.25, 0.3) is 0 Å². The number of Topliss-reactive ketones (excluding diaryl/α,β-unsaturated/α-hetero) is 1. The highest BCUT2D eigenvalue weighted by Crippen LogP contribution is 2.48. The minimum absolute atomic E-state index is 0.0560. The smallest absolute Gasteiger partial charge is 0.161 e. The molecule has 0 saturated carbocycles. The molecule has 0 amide bonds. The number of hydrogen-bond acceptors (Lipinski definition) is 2. The summed E-state index contributed by atoms with van der Waals surface area (Å²) in [5.41, 5.74) is 5.78. The zero-order chi connectivity index (χ0) is 17.7. The minimum atomic E-state index is -0.0560. The summed E-state index contributed by atoms with van der Waals surface area (Å²) in [6.45, 7) is 0. The second kappa shape index (κ2) is 6.23. The molecule has 2 aliphatic rings. The zero-order valence-corrected chi connectivity index (χ0v) is 16.4. The molecule has 3 aromatic rings. The maximum absolute atomic E-state index is 13.0. The minimum Gasteiger partial charge on any atom is -0.373 e. The molecule has 1 aliphatic heterocycles. The summed E-state index contributed by atoms with van der Waals surface area (Å²) in [6, 6.07) is 21.1. The Balaban J connectivity index is 1.81. The molecule has 0 aromatic heterocycles. The summed E-state index contributed by atoms with van der Waals surface area (Å²) in [4.78, 5) is 13.0. The van der Waals surface area contributed by atoms with Crippen LogP contribution in [0.15, 0.2) is 66.2 Å². The van der Waals surface area contributed by atoms with Crippen molar-refractivity contribution >= 4 is 50.4 Å². The monoisotopic (exact) mass is 451 g/mol. The van der Waals surface area contributed by atoms with Crippen LogP contribution in [0.4, 0.5) is 5.69 Å². The Labute approximate surface area is 166 Å². The highest BCUT2D eigenvalue weighted by Gasteiger charge is 2.35. The van der Waals surface area contributed by atoms with Crippen LogP contribution in [0.2, 0.25) is 0 Å². The van der Waals surface area contributed by atoms with Crippen molar-refractivity contribution in [2.75, 3.05) is 5.32 Å². The van der Waals surface area contributed by atoms with E-state index in [9.17, 15) is 4.79 Å². The van der Waals surface area contributed by atoms with Gasteiger partial charge in [-0.15, -0.1) is 0 Å². The predicted octanol–water partition coefficient (Wildman–Crippen LogP) is 6.12. The van der Waals surface area contributed by atoms with Gasteiger partial charge < -0.3 is 5.32 Å². The number of carbonyl (C=O) groups excluding carboxylic acids is 1. The van der Waals surface area contributed by atoms with E-state index >= 15 is 0 Å². The number of anilines is 1. The van der Waals surface area contributed by atoms with Crippen molar-refractivity contribution < 1.29 is 4.79 Å². The first-order chi connectivity index (χ1) is 12.7. The average molecular weight is 451 g/mol. The Bertz CT molecular complexity index is 1080. The van der Waals surface area contributed by atoms with Crippen LogP contribution in [0.1, 0.15) is 36.4 Å². The molecule has 1 aliphatic carbocycles. The molecule has 0 unspecified atom stereocenters. The van der Waals surface area contributed by atoms with Gasteiger partial charge in [-0.05, 0) is 69.5 Å². The molecule has 0 radical (unpaired) electrons. The van der Waals surface area contributed by atoms with Gasteiger partial charge >= 0.3 is 0 Å². The molecule has 1 atom stereocenters. The van der Waals surface area contributed by atoms with Crippen LogP contribution in [0.3, 0.4) is 0 Å². The van der Waals surface area contributed by atoms with Gasteiger partial charge in [-0.1, -0.05) is 48.5 Å². The van der Waals surface area contributed by atoms with Crippen LogP contribution in [-0.2, 0) is 4.79 Å². The van der Waals surface area contributed by atoms with E-state index in [-0.39, 0.29) is 6.04 Å². The largest absolute Gasteiger partial charge is 0.373 e. The Morgan fingerprint density at radius 2 is 1.73 bits per heavy atom. The molecular formula is C23H18INO. The molecule has 3 aromatic carbocycles. The van der Waals surface area contributed by atoms with E-state index in [4.69, 9.17) is 0 Å². The third-order valence-corrected chi connectivity index (χ3v) is 6.47. The molecule has 0 bridgehead atoms. The van der Waals surface area contributed by atoms with Crippen LogP contribution >= 0.6 is 22.6 Å². The fourth-order valence-corrected chi connectivity index (χ4v) is 5.04. The number of halogens is 1. The predicted molar refractivity (Wildman–Crippen MR) is 115 cm³/mol. The molecule has 2 nitrogen and oxygen atoms in total. The maximum Gasteiger partial charge on any atom is 0.161 e. The van der Waals surface area contributed by atoms with Crippen LogP contribution in [0.5, 0.6) is 0 Å². The molecular weight excluding hydrogens is 433 g/mol. The number of allylic oxidation sites excluding steroid dienone is 1. The van der Waals surface area contributed by atoms with Crippen LogP contribution in [0, 0.1) is 3.57 Å². The Morgan fingerprint density at radius 3 is 2.62 bits per heavy atom. The van der Waals surface area contributed by atoms with E-state index in [0.717, 1.165) is 24.1 Å². The Hall–Kier alpha value is -2.14.